The van der Waals surface area contributed by atoms with Crippen LogP contribution in [0.2, 0.25) is 0 Å². The van der Waals surface area contributed by atoms with Crippen LogP contribution in [-0.2, 0) is 76.4 Å². The average molecular weight is 1030 g/mol. The zero-order valence-electron chi connectivity index (χ0n) is 31.0. The van der Waals surface area contributed by atoms with E-state index in [2.05, 4.69) is 53.9 Å². The van der Waals surface area contributed by atoms with E-state index in [1.54, 1.807) is 0 Å². The molecule has 7 N–H and O–H groups in total. The molecule has 4 rings (SSSR count). The van der Waals surface area contributed by atoms with Gasteiger partial charge in [0.1, 0.15) is 39.3 Å². The summed E-state index contributed by atoms with van der Waals surface area (Å²) in [5, 5.41) is 65.1. The van der Waals surface area contributed by atoms with Crippen molar-refractivity contribution < 1.29 is 105 Å². The molecule has 0 heterocycles. The molecule has 0 bridgehead atoms. The second-order valence-electron chi connectivity index (χ2n) is 11.3. The lowest BCUT2D eigenvalue weighted by Gasteiger charge is -2.14. The summed E-state index contributed by atoms with van der Waals surface area (Å²) < 4.78 is 147. The fraction of sp³-hybridized carbons (Fsp3) is 0.214. The molecule has 0 fully saturated rings. The third-order valence-corrected chi connectivity index (χ3v) is 13.6. The molecule has 0 radical (unpaired) electrons. The Labute approximate surface area is 368 Å². The predicted octanol–water partition coefficient (Wildman–Crippen LogP) is 5.87. The maximum Gasteiger partial charge on any atom is 0.296 e. The summed E-state index contributed by atoms with van der Waals surface area (Å²) in [6, 6.07) is 9.33. The van der Waals surface area contributed by atoms with Gasteiger partial charge in [0.15, 0.2) is 50.1 Å². The molecular formula is C28H29N5O23S7. The first-order valence-corrected chi connectivity index (χ1v) is 24.5. The van der Waals surface area contributed by atoms with E-state index < -0.39 is 103 Å². The Morgan fingerprint density at radius 2 is 1.22 bits per heavy atom. The fourth-order valence-corrected chi connectivity index (χ4v) is 9.22. The van der Waals surface area contributed by atoms with Gasteiger partial charge >= 0.3 is 0 Å². The van der Waals surface area contributed by atoms with E-state index in [0.29, 0.717) is 6.07 Å². The number of rotatable bonds is 26. The zero-order valence-corrected chi connectivity index (χ0v) is 36.7. The summed E-state index contributed by atoms with van der Waals surface area (Å²) in [5.74, 6) is -3.18. The summed E-state index contributed by atoms with van der Waals surface area (Å²) in [5.41, 5.74) is -1.92. The van der Waals surface area contributed by atoms with Gasteiger partial charge in [-0.05, 0) is 54.6 Å². The van der Waals surface area contributed by atoms with E-state index in [4.69, 9.17) is 28.9 Å². The van der Waals surface area contributed by atoms with Crippen LogP contribution in [0.4, 0.5) is 28.4 Å². The number of aromatic hydroxyl groups is 1. The summed E-state index contributed by atoms with van der Waals surface area (Å²) >= 11 is 0.458. The minimum atomic E-state index is -5.25. The molecule has 0 atom stereocenters. The van der Waals surface area contributed by atoms with Crippen LogP contribution in [0.1, 0.15) is 0 Å². The maximum absolute atomic E-state index is 13.0. The van der Waals surface area contributed by atoms with Gasteiger partial charge in [0.05, 0.1) is 64.2 Å². The van der Waals surface area contributed by atoms with Crippen LogP contribution >= 0.6 is 36.7 Å². The number of phenolic OH excluding ortho intramolecular Hbond substituents is 1. The lowest BCUT2D eigenvalue weighted by molar-refractivity contribution is -0.434. The van der Waals surface area contributed by atoms with Crippen molar-refractivity contribution >= 4 is 116 Å². The third-order valence-electron chi connectivity index (χ3n) is 7.48. The number of azo groups is 2. The number of nitrogens with zero attached hydrogens (tertiary/aromatic N) is 4. The second-order valence-corrected chi connectivity index (χ2v) is 20.1. The van der Waals surface area contributed by atoms with Gasteiger partial charge in [-0.15, -0.1) is 33.5 Å². The summed E-state index contributed by atoms with van der Waals surface area (Å²) in [6.07, 6.45) is 0. The third kappa shape index (κ3) is 14.8. The van der Waals surface area contributed by atoms with Gasteiger partial charge in [-0.3, -0.25) is 17.5 Å². The standard InChI is InChI=1S/C28H29N5O23S7/c1-48-23-7-3-16(60(38,39)10-8-49-58-55-52-36)12-22(23)31-33-27-24(57-54-51-35)14-19-18(28(27)34)4-6-21(29-15-62(42,43)44)26(19)32-30-20-5-2-17(13-25(20)63(45,46)47)61(40,41)11-9-50-59-56-53-37/h2-7,12-14,29,34-37H,8-11,15H2,1H3,(H,42,43,44)(H,45,46,47)/b32-30+,33-31+. The molecule has 0 aliphatic carbocycles. The number of sulfone groups is 2. The van der Waals surface area contributed by atoms with Crippen molar-refractivity contribution in [3.8, 4) is 11.5 Å². The summed E-state index contributed by atoms with van der Waals surface area (Å²) in [6.45, 7) is -0.963. The molecular weight excluding hydrogens is 999 g/mol. The molecule has 4 aromatic carbocycles. The van der Waals surface area contributed by atoms with Crippen LogP contribution in [0.5, 0.6) is 11.5 Å². The van der Waals surface area contributed by atoms with Crippen molar-refractivity contribution in [2.75, 3.05) is 43.0 Å². The van der Waals surface area contributed by atoms with Crippen LogP contribution in [0.25, 0.3) is 10.8 Å². The molecule has 0 aliphatic rings. The number of phenols is 1. The SMILES string of the molecule is COc1ccc(S(=O)(=O)CCOSOOO)cc1/N=N/c1c(SOOO)cc2c(/N=N/c3ccc(S(=O)(=O)CCOSOOO)cc3S(=O)(=O)O)c(NCS(=O)(=O)O)ccc2c1O. The Kier molecular flexibility index (Phi) is 19.1. The molecule has 0 saturated heterocycles. The molecule has 28 nitrogen and oxygen atoms in total. The highest BCUT2D eigenvalue weighted by atomic mass is 32.2. The van der Waals surface area contributed by atoms with Crippen molar-refractivity contribution in [3.63, 3.8) is 0 Å². The van der Waals surface area contributed by atoms with E-state index in [1.165, 1.54) is 25.3 Å². The average Bonchev–Trinajstić information content (AvgIpc) is 3.23. The van der Waals surface area contributed by atoms with Gasteiger partial charge < -0.3 is 15.2 Å². The lowest BCUT2D eigenvalue weighted by atomic mass is 10.1. The number of anilines is 1. The van der Waals surface area contributed by atoms with Gasteiger partial charge in [-0.25, -0.2) is 32.6 Å². The first-order chi connectivity index (χ1) is 29.8. The normalized spacial score (nSPS) is 12.8. The van der Waals surface area contributed by atoms with Gasteiger partial charge in [-0.2, -0.15) is 16.8 Å². The van der Waals surface area contributed by atoms with Crippen LogP contribution in [0, 0.1) is 0 Å². The fourth-order valence-electron chi connectivity index (χ4n) is 4.82. The number of nitrogens with one attached hydrogen (secondary N) is 1. The zero-order chi connectivity index (χ0) is 46.4. The smallest absolute Gasteiger partial charge is 0.296 e. The largest absolute Gasteiger partial charge is 0.505 e. The van der Waals surface area contributed by atoms with Gasteiger partial charge in [-0.1, -0.05) is 15.1 Å². The number of hydrogen-bond acceptors (Lipinski definition) is 29. The molecule has 35 heteroatoms. The number of ether oxygens (including phenoxy) is 1. The summed E-state index contributed by atoms with van der Waals surface area (Å²) in [4.78, 5) is -2.22. The van der Waals surface area contributed by atoms with Crippen LogP contribution in [0.3, 0.4) is 0 Å². The topological polar surface area (TPSA) is 402 Å². The Morgan fingerprint density at radius 1 is 0.651 bits per heavy atom. The first-order valence-electron chi connectivity index (χ1n) is 16.0. The van der Waals surface area contributed by atoms with Crippen LogP contribution in [-0.4, -0.2) is 101 Å². The highest BCUT2D eigenvalue weighted by Gasteiger charge is 2.24. The highest BCUT2D eigenvalue weighted by Crippen LogP contribution is 2.49. The van der Waals surface area contributed by atoms with Gasteiger partial charge in [0.2, 0.25) is 0 Å². The molecule has 0 unspecified atom stereocenters. The molecule has 0 spiro atoms. The Balaban J connectivity index is 1.86. The monoisotopic (exact) mass is 1030 g/mol. The molecule has 0 saturated carbocycles. The number of hydrogen-bond donors (Lipinski definition) is 7. The predicted molar refractivity (Wildman–Crippen MR) is 215 cm³/mol. The molecule has 346 valence electrons. The number of fused-ring (bicyclic) bond motifs is 1. The maximum atomic E-state index is 13.0. The van der Waals surface area contributed by atoms with E-state index in [1.807, 2.05) is 0 Å². The molecule has 4 aromatic rings. The minimum Gasteiger partial charge on any atom is -0.505 e. The van der Waals surface area contributed by atoms with E-state index in [0.717, 1.165) is 30.3 Å². The van der Waals surface area contributed by atoms with Gasteiger partial charge in [0, 0.05) is 10.8 Å². The number of benzene rings is 4. The molecule has 0 aromatic heterocycles. The lowest BCUT2D eigenvalue weighted by Crippen LogP contribution is -2.13. The van der Waals surface area contributed by atoms with E-state index in [-0.39, 0.29) is 74.4 Å². The van der Waals surface area contributed by atoms with Crippen molar-refractivity contribution in [2.45, 2.75) is 19.6 Å². The quantitative estimate of drug-likeness (QED) is 0.00965. The molecule has 0 amide bonds. The van der Waals surface area contributed by atoms with Crippen LogP contribution in [0.15, 0.2) is 94.6 Å². The van der Waals surface area contributed by atoms with E-state index >= 15 is 0 Å². The van der Waals surface area contributed by atoms with Crippen molar-refractivity contribution in [3.05, 3.63) is 54.6 Å². The van der Waals surface area contributed by atoms with Gasteiger partial charge in [0.25, 0.3) is 20.2 Å². The Morgan fingerprint density at radius 3 is 1.79 bits per heavy atom. The van der Waals surface area contributed by atoms with E-state index in [9.17, 15) is 47.9 Å². The van der Waals surface area contributed by atoms with Crippen molar-refractivity contribution in [1.82, 2.24) is 0 Å². The molecule has 63 heavy (non-hydrogen) atoms. The second kappa shape index (κ2) is 23.3. The van der Waals surface area contributed by atoms with Crippen molar-refractivity contribution in [2.24, 2.45) is 20.5 Å². The molecule has 0 aliphatic heterocycles. The Bertz CT molecular complexity index is 2760. The minimum absolute atomic E-state index is 0.00238. The van der Waals surface area contributed by atoms with Crippen LogP contribution < -0.4 is 10.1 Å². The summed E-state index contributed by atoms with van der Waals surface area (Å²) in [7, 11) is -17.1. The Hall–Kier alpha value is -3.93. The highest BCUT2D eigenvalue weighted by molar-refractivity contribution is 7.94. The number of methoxy groups -OCH3 is 1. The van der Waals surface area contributed by atoms with Crippen molar-refractivity contribution in [1.29, 1.82) is 0 Å². The first kappa shape index (κ1) is 51.7.